The summed E-state index contributed by atoms with van der Waals surface area (Å²) in [6.45, 7) is 26.3. The molecular formula is C63H60BN3O2. The zero-order valence-corrected chi connectivity index (χ0v) is 42.0. The van der Waals surface area contributed by atoms with E-state index in [2.05, 4.69) is 195 Å². The summed E-state index contributed by atoms with van der Waals surface area (Å²) >= 11 is 0. The van der Waals surface area contributed by atoms with Gasteiger partial charge in [-0.25, -0.2) is 4.98 Å². The van der Waals surface area contributed by atoms with Gasteiger partial charge >= 0.3 is 6.85 Å². The molecule has 342 valence electrons. The molecule has 2 aliphatic carbocycles. The fourth-order valence-corrected chi connectivity index (χ4v) is 13.4. The van der Waals surface area contributed by atoms with Crippen molar-refractivity contribution in [2.45, 2.75) is 129 Å². The lowest BCUT2D eigenvalue weighted by Crippen LogP contribution is -2.60. The van der Waals surface area contributed by atoms with Crippen molar-refractivity contribution in [3.05, 3.63) is 143 Å². The van der Waals surface area contributed by atoms with Crippen LogP contribution in [0, 0.1) is 0 Å². The maximum Gasteiger partial charge on any atom is 0.333 e. The topological polar surface area (TPSA) is 47.3 Å². The minimum absolute atomic E-state index is 0.000556. The Balaban J connectivity index is 1.22. The van der Waals surface area contributed by atoms with Gasteiger partial charge in [0.2, 0.25) is 5.89 Å². The second-order valence-corrected chi connectivity index (χ2v) is 24.8. The number of para-hydroxylation sites is 1. The average molecular weight is 902 g/mol. The molecule has 0 saturated heterocycles. The van der Waals surface area contributed by atoms with Crippen molar-refractivity contribution < 1.29 is 8.83 Å². The summed E-state index contributed by atoms with van der Waals surface area (Å²) in [5.41, 5.74) is 22.7. The highest BCUT2D eigenvalue weighted by molar-refractivity contribution is 6.94. The molecular weight excluding hydrogens is 842 g/mol. The minimum Gasteiger partial charge on any atom is -0.455 e. The van der Waals surface area contributed by atoms with E-state index < -0.39 is 0 Å². The first-order chi connectivity index (χ1) is 32.8. The molecule has 0 radical (unpaired) electrons. The molecule has 3 aromatic heterocycles. The van der Waals surface area contributed by atoms with Gasteiger partial charge in [-0.05, 0) is 152 Å². The average Bonchev–Trinajstić information content (AvgIpc) is 4.02. The molecule has 0 spiro atoms. The van der Waals surface area contributed by atoms with E-state index in [0.29, 0.717) is 5.89 Å². The number of hydrogen-bond donors (Lipinski definition) is 0. The molecule has 0 amide bonds. The zero-order valence-electron chi connectivity index (χ0n) is 42.0. The first-order valence-electron chi connectivity index (χ1n) is 25.4. The van der Waals surface area contributed by atoms with Crippen LogP contribution in [-0.4, -0.2) is 16.4 Å². The molecule has 0 saturated carbocycles. The maximum atomic E-state index is 7.42. The number of aromatic nitrogens is 2. The van der Waals surface area contributed by atoms with Gasteiger partial charge in [0.15, 0.2) is 5.58 Å². The number of nitrogens with zero attached hydrogens (tertiary/aromatic N) is 3. The molecule has 2 aliphatic heterocycles. The molecule has 4 aliphatic rings. The second kappa shape index (κ2) is 13.2. The number of benzene rings is 7. The highest BCUT2D eigenvalue weighted by Gasteiger charge is 2.49. The van der Waals surface area contributed by atoms with Gasteiger partial charge < -0.3 is 18.2 Å². The quantitative estimate of drug-likeness (QED) is 0.162. The van der Waals surface area contributed by atoms with Gasteiger partial charge in [0, 0.05) is 61.4 Å². The van der Waals surface area contributed by atoms with Crippen LogP contribution in [-0.2, 0) is 27.1 Å². The molecule has 10 aromatic rings. The molecule has 5 heterocycles. The van der Waals surface area contributed by atoms with Crippen molar-refractivity contribution in [3.8, 4) is 28.3 Å². The van der Waals surface area contributed by atoms with Gasteiger partial charge in [-0.1, -0.05) is 125 Å². The number of rotatable bonds is 2. The van der Waals surface area contributed by atoms with E-state index in [1.54, 1.807) is 0 Å². The third kappa shape index (κ3) is 5.52. The van der Waals surface area contributed by atoms with Crippen molar-refractivity contribution in [2.24, 2.45) is 0 Å². The molecule has 69 heavy (non-hydrogen) atoms. The van der Waals surface area contributed by atoms with Crippen LogP contribution >= 0.6 is 0 Å². The van der Waals surface area contributed by atoms with Gasteiger partial charge in [-0.3, -0.25) is 0 Å². The molecule has 5 nitrogen and oxygen atoms in total. The molecule has 0 fully saturated rings. The number of oxazole rings is 1. The SMILES string of the molecule is CC(C)(C)c1ccc(N2B3c4cc5nc(-c6ccccc6)oc5cc4-n4c5cc6c(cc5c5c7c(oc8ccccc87)c(c3c54)-c3cc4c(cc32)C(C)(C)CCC4(C)C)C(C)(C)CCC6(C)C)cc1. The summed E-state index contributed by atoms with van der Waals surface area (Å²) in [6.07, 6.45) is 4.55. The molecule has 0 N–H and O–H groups in total. The summed E-state index contributed by atoms with van der Waals surface area (Å²) in [5, 5.41) is 4.92. The highest BCUT2D eigenvalue weighted by Crippen LogP contribution is 2.56. The predicted octanol–water partition coefficient (Wildman–Crippen LogP) is 15.7. The highest BCUT2D eigenvalue weighted by atomic mass is 16.3. The van der Waals surface area contributed by atoms with E-state index in [1.165, 1.54) is 88.4 Å². The van der Waals surface area contributed by atoms with Crippen LogP contribution in [0.2, 0.25) is 0 Å². The van der Waals surface area contributed by atoms with Crippen molar-refractivity contribution in [1.29, 1.82) is 0 Å². The lowest BCUT2D eigenvalue weighted by atomic mass is 9.43. The normalized spacial score (nSPS) is 18.2. The smallest absolute Gasteiger partial charge is 0.333 e. The molecule has 14 rings (SSSR count). The molecule has 6 heteroatoms. The Bertz CT molecular complexity index is 3890. The van der Waals surface area contributed by atoms with Crippen molar-refractivity contribution in [3.63, 3.8) is 0 Å². The van der Waals surface area contributed by atoms with Crippen LogP contribution in [0.25, 0.3) is 83.1 Å². The van der Waals surface area contributed by atoms with Crippen LogP contribution in [0.5, 0.6) is 0 Å². The van der Waals surface area contributed by atoms with E-state index >= 15 is 0 Å². The largest absolute Gasteiger partial charge is 0.455 e. The summed E-state index contributed by atoms with van der Waals surface area (Å²) in [5.74, 6) is 0.635. The molecule has 0 atom stereocenters. The van der Waals surface area contributed by atoms with Crippen molar-refractivity contribution >= 4 is 84.0 Å². The molecule has 7 aromatic carbocycles. The van der Waals surface area contributed by atoms with Gasteiger partial charge in [0.25, 0.3) is 0 Å². The van der Waals surface area contributed by atoms with Crippen molar-refractivity contribution in [2.75, 3.05) is 4.81 Å². The summed E-state index contributed by atoms with van der Waals surface area (Å²) in [4.78, 5) is 7.98. The second-order valence-electron chi connectivity index (χ2n) is 24.8. The van der Waals surface area contributed by atoms with Crippen LogP contribution < -0.4 is 15.7 Å². The Morgan fingerprint density at radius 3 is 1.88 bits per heavy atom. The van der Waals surface area contributed by atoms with E-state index in [4.69, 9.17) is 13.8 Å². The van der Waals surface area contributed by atoms with E-state index in [0.717, 1.165) is 64.6 Å². The first kappa shape index (κ1) is 41.4. The Morgan fingerprint density at radius 1 is 0.580 bits per heavy atom. The minimum atomic E-state index is -0.221. The monoisotopic (exact) mass is 901 g/mol. The van der Waals surface area contributed by atoms with Crippen LogP contribution in [0.15, 0.2) is 124 Å². The maximum absolute atomic E-state index is 7.42. The third-order valence-corrected chi connectivity index (χ3v) is 17.7. The molecule has 0 bridgehead atoms. The summed E-state index contributed by atoms with van der Waals surface area (Å²) in [6, 6.07) is 43.6. The number of fused-ring (bicyclic) bond motifs is 16. The van der Waals surface area contributed by atoms with Gasteiger partial charge in [0.1, 0.15) is 16.7 Å². The van der Waals surface area contributed by atoms with E-state index in [-0.39, 0.29) is 33.9 Å². The lowest BCUT2D eigenvalue weighted by Gasteiger charge is -2.46. The Hall–Kier alpha value is -6.53. The van der Waals surface area contributed by atoms with E-state index in [1.807, 2.05) is 6.07 Å². The van der Waals surface area contributed by atoms with Gasteiger partial charge in [-0.15, -0.1) is 0 Å². The van der Waals surface area contributed by atoms with Crippen LogP contribution in [0.3, 0.4) is 0 Å². The first-order valence-corrected chi connectivity index (χ1v) is 25.4. The van der Waals surface area contributed by atoms with E-state index in [9.17, 15) is 0 Å². The Labute approximate surface area is 405 Å². The standard InChI is InChI=1S/C63H60BN3O2/c1-59(2,3)36-21-23-37(24-22-36)67-48-32-44-42(61(6,7)26-28-63(44,10)11)30-40(48)54-55-56-52(53-38-19-15-16-20-50(38)68-57(53)54)39-29-41-43(62(8,9)27-25-60(41,4)5)31-47(39)66(56)49-34-51-46(33-45(49)64(55)67)65-58(69-51)35-17-13-12-14-18-35/h12-24,29-34H,25-28H2,1-11H3. The lowest BCUT2D eigenvalue weighted by molar-refractivity contribution is 0.332. The number of furan rings is 1. The Kier molecular flexibility index (Phi) is 7.93. The number of anilines is 2. The molecule has 0 unspecified atom stereocenters. The fraction of sp³-hybridized carbons (Fsp3) is 0.317. The zero-order chi connectivity index (χ0) is 47.5. The van der Waals surface area contributed by atoms with Gasteiger partial charge in [-0.2, -0.15) is 0 Å². The van der Waals surface area contributed by atoms with Crippen molar-refractivity contribution in [1.82, 2.24) is 9.55 Å². The third-order valence-electron chi connectivity index (χ3n) is 17.7. The Morgan fingerprint density at radius 2 is 1.20 bits per heavy atom. The fourth-order valence-electron chi connectivity index (χ4n) is 13.4. The van der Waals surface area contributed by atoms with Gasteiger partial charge in [0.05, 0.1) is 11.0 Å². The summed E-state index contributed by atoms with van der Waals surface area (Å²) < 4.78 is 16.9. The number of hydrogen-bond acceptors (Lipinski definition) is 4. The predicted molar refractivity (Wildman–Crippen MR) is 289 cm³/mol. The summed E-state index contributed by atoms with van der Waals surface area (Å²) in [7, 11) is 0. The van der Waals surface area contributed by atoms with Crippen LogP contribution in [0.1, 0.15) is 130 Å². The van der Waals surface area contributed by atoms with Crippen LogP contribution in [0.4, 0.5) is 11.4 Å².